The molecule has 0 fully saturated rings. The lowest BCUT2D eigenvalue weighted by Crippen LogP contribution is -2.13. The van der Waals surface area contributed by atoms with E-state index in [2.05, 4.69) is 9.97 Å². The number of rotatable bonds is 6. The minimum Gasteiger partial charge on any atom is -0.491 e. The van der Waals surface area contributed by atoms with Crippen molar-refractivity contribution in [1.29, 1.82) is 0 Å². The van der Waals surface area contributed by atoms with Gasteiger partial charge in [-0.3, -0.25) is 9.78 Å². The van der Waals surface area contributed by atoms with Crippen LogP contribution in [0.2, 0.25) is 0 Å². The molecule has 2 aromatic heterocycles. The van der Waals surface area contributed by atoms with Crippen LogP contribution in [-0.2, 0) is 6.42 Å². The zero-order valence-corrected chi connectivity index (χ0v) is 13.4. The van der Waals surface area contributed by atoms with Gasteiger partial charge in [-0.25, -0.2) is 9.37 Å². The van der Waals surface area contributed by atoms with Crippen molar-refractivity contribution in [1.82, 2.24) is 9.97 Å². The van der Waals surface area contributed by atoms with Gasteiger partial charge in [0.05, 0.1) is 12.8 Å². The van der Waals surface area contributed by atoms with Gasteiger partial charge in [-0.1, -0.05) is 18.2 Å². The van der Waals surface area contributed by atoms with Crippen LogP contribution in [0.15, 0.2) is 61.1 Å². The number of carbonyl (C=O) groups excluding carboxylic acids is 1. The highest BCUT2D eigenvalue weighted by Gasteiger charge is 2.12. The van der Waals surface area contributed by atoms with Crippen molar-refractivity contribution < 1.29 is 13.9 Å². The first-order valence-corrected chi connectivity index (χ1v) is 7.71. The zero-order valence-electron chi connectivity index (χ0n) is 13.4. The second-order valence-electron chi connectivity index (χ2n) is 5.40. The Labute approximate surface area is 144 Å². The molecule has 0 saturated heterocycles. The minimum absolute atomic E-state index is 0.124. The van der Waals surface area contributed by atoms with Gasteiger partial charge in [0.15, 0.2) is 0 Å². The number of hydrogen-bond donors (Lipinski definition) is 1. The number of halogens is 1. The fourth-order valence-electron chi connectivity index (χ4n) is 2.37. The summed E-state index contributed by atoms with van der Waals surface area (Å²) in [6.45, 7) is 0.414. The molecule has 0 bridgehead atoms. The molecule has 0 aliphatic carbocycles. The number of nitrogens with zero attached hydrogens (tertiary/aromatic N) is 2. The maximum atomic E-state index is 13.2. The summed E-state index contributed by atoms with van der Waals surface area (Å²) in [7, 11) is 0. The second-order valence-corrected chi connectivity index (χ2v) is 5.40. The third-order valence-corrected chi connectivity index (χ3v) is 3.65. The first kappa shape index (κ1) is 16.6. The highest BCUT2D eigenvalue weighted by atomic mass is 19.1. The molecule has 0 atom stereocenters. The van der Waals surface area contributed by atoms with Crippen molar-refractivity contribution in [3.63, 3.8) is 0 Å². The predicted octanol–water partition coefficient (Wildman–Crippen LogP) is 3.00. The van der Waals surface area contributed by atoms with E-state index in [4.69, 9.17) is 10.5 Å². The van der Waals surface area contributed by atoms with E-state index in [0.717, 1.165) is 5.56 Å². The van der Waals surface area contributed by atoms with Gasteiger partial charge in [0.1, 0.15) is 17.3 Å². The summed E-state index contributed by atoms with van der Waals surface area (Å²) in [5, 5.41) is 0. The highest BCUT2D eigenvalue weighted by molar-refractivity contribution is 5.92. The van der Waals surface area contributed by atoms with E-state index in [1.165, 1.54) is 18.3 Å². The maximum Gasteiger partial charge on any atom is 0.267 e. The van der Waals surface area contributed by atoms with Gasteiger partial charge in [-0.15, -0.1) is 0 Å². The summed E-state index contributed by atoms with van der Waals surface area (Å²) in [4.78, 5) is 19.5. The fourth-order valence-corrected chi connectivity index (χ4v) is 2.37. The van der Waals surface area contributed by atoms with E-state index in [9.17, 15) is 9.18 Å². The van der Waals surface area contributed by atoms with Gasteiger partial charge in [0.2, 0.25) is 0 Å². The number of nitrogens with two attached hydrogens (primary N) is 1. The molecule has 0 aliphatic heterocycles. The summed E-state index contributed by atoms with van der Waals surface area (Å²) in [5.41, 5.74) is 7.82. The molecule has 0 spiro atoms. The van der Waals surface area contributed by atoms with Crippen molar-refractivity contribution in [2.75, 3.05) is 6.61 Å². The van der Waals surface area contributed by atoms with Crippen LogP contribution in [0.4, 0.5) is 4.39 Å². The molecule has 6 heteroatoms. The number of carbonyl (C=O) groups is 1. The molecule has 1 aromatic carbocycles. The topological polar surface area (TPSA) is 78.1 Å². The molecular formula is C19H16FN3O2. The molecule has 2 N–H and O–H groups in total. The van der Waals surface area contributed by atoms with Gasteiger partial charge in [-0.2, -0.15) is 0 Å². The molecule has 5 nitrogen and oxygen atoms in total. The van der Waals surface area contributed by atoms with E-state index in [1.54, 1.807) is 30.6 Å². The fraction of sp³-hybridized carbons (Fsp3) is 0.105. The van der Waals surface area contributed by atoms with Crippen LogP contribution >= 0.6 is 0 Å². The summed E-state index contributed by atoms with van der Waals surface area (Å²) in [6, 6.07) is 11.3. The number of aromatic nitrogens is 2. The molecule has 3 aromatic rings. The summed E-state index contributed by atoms with van der Waals surface area (Å²) in [6.07, 6.45) is 5.62. The SMILES string of the molecule is NC(=O)c1cc(-c2ccc(F)cc2)c(OCCc2cccnc2)cn1. The van der Waals surface area contributed by atoms with Crippen LogP contribution in [0.5, 0.6) is 5.75 Å². The molecule has 0 saturated carbocycles. The Morgan fingerprint density at radius 3 is 2.64 bits per heavy atom. The monoisotopic (exact) mass is 337 g/mol. The average molecular weight is 337 g/mol. The Kier molecular flexibility index (Phi) is 4.99. The van der Waals surface area contributed by atoms with Crippen LogP contribution in [0.1, 0.15) is 16.1 Å². The largest absolute Gasteiger partial charge is 0.491 e. The number of hydrogen-bond acceptors (Lipinski definition) is 4. The first-order chi connectivity index (χ1) is 12.1. The average Bonchev–Trinajstić information content (AvgIpc) is 2.63. The van der Waals surface area contributed by atoms with Gasteiger partial charge in [-0.05, 0) is 35.4 Å². The van der Waals surface area contributed by atoms with E-state index in [1.807, 2.05) is 12.1 Å². The van der Waals surface area contributed by atoms with E-state index >= 15 is 0 Å². The molecule has 25 heavy (non-hydrogen) atoms. The lowest BCUT2D eigenvalue weighted by Gasteiger charge is -2.12. The minimum atomic E-state index is -0.634. The van der Waals surface area contributed by atoms with E-state index in [0.29, 0.717) is 29.9 Å². The van der Waals surface area contributed by atoms with Crippen LogP contribution in [0.3, 0.4) is 0 Å². The number of pyridine rings is 2. The molecule has 0 unspecified atom stereocenters. The predicted molar refractivity (Wildman–Crippen MR) is 91.6 cm³/mol. The summed E-state index contributed by atoms with van der Waals surface area (Å²) in [5.74, 6) is -0.474. The van der Waals surface area contributed by atoms with Crippen molar-refractivity contribution in [2.45, 2.75) is 6.42 Å². The number of benzene rings is 1. The lowest BCUT2D eigenvalue weighted by atomic mass is 10.0. The normalized spacial score (nSPS) is 10.4. The Bertz CT molecular complexity index is 868. The van der Waals surface area contributed by atoms with Crippen molar-refractivity contribution in [3.05, 3.63) is 78.1 Å². The van der Waals surface area contributed by atoms with Crippen LogP contribution in [0, 0.1) is 5.82 Å². The standard InChI is InChI=1S/C19H16FN3O2/c20-15-5-3-14(4-6-15)16-10-17(19(21)24)23-12-18(16)25-9-7-13-2-1-8-22-11-13/h1-6,8,10-12H,7,9H2,(H2,21,24). The third kappa shape index (κ3) is 4.17. The Hall–Kier alpha value is -3.28. The molecule has 1 amide bonds. The Morgan fingerprint density at radius 1 is 1.16 bits per heavy atom. The molecule has 3 rings (SSSR count). The number of ether oxygens (including phenoxy) is 1. The Morgan fingerprint density at radius 2 is 1.96 bits per heavy atom. The number of primary amides is 1. The van der Waals surface area contributed by atoms with Crippen LogP contribution < -0.4 is 10.5 Å². The first-order valence-electron chi connectivity index (χ1n) is 7.71. The lowest BCUT2D eigenvalue weighted by molar-refractivity contribution is 0.0995. The van der Waals surface area contributed by atoms with Gasteiger partial charge >= 0.3 is 0 Å². The smallest absolute Gasteiger partial charge is 0.267 e. The third-order valence-electron chi connectivity index (χ3n) is 3.65. The second kappa shape index (κ2) is 7.53. The highest BCUT2D eigenvalue weighted by Crippen LogP contribution is 2.30. The molecule has 0 aliphatic rings. The number of amides is 1. The van der Waals surface area contributed by atoms with Crippen molar-refractivity contribution >= 4 is 5.91 Å². The van der Waals surface area contributed by atoms with Crippen LogP contribution in [0.25, 0.3) is 11.1 Å². The quantitative estimate of drug-likeness (QED) is 0.750. The van der Waals surface area contributed by atoms with Crippen LogP contribution in [-0.4, -0.2) is 22.5 Å². The molecule has 0 radical (unpaired) electrons. The van der Waals surface area contributed by atoms with Gasteiger partial charge < -0.3 is 10.5 Å². The molecule has 126 valence electrons. The maximum absolute atomic E-state index is 13.2. The Balaban J connectivity index is 1.84. The van der Waals surface area contributed by atoms with Crippen molar-refractivity contribution in [3.8, 4) is 16.9 Å². The summed E-state index contributed by atoms with van der Waals surface area (Å²) < 4.78 is 19.0. The zero-order chi connectivity index (χ0) is 17.6. The van der Waals surface area contributed by atoms with Crippen molar-refractivity contribution in [2.24, 2.45) is 5.73 Å². The molecule has 2 heterocycles. The van der Waals surface area contributed by atoms with E-state index in [-0.39, 0.29) is 11.5 Å². The van der Waals surface area contributed by atoms with Gasteiger partial charge in [0, 0.05) is 24.4 Å². The van der Waals surface area contributed by atoms with E-state index < -0.39 is 5.91 Å². The summed E-state index contributed by atoms with van der Waals surface area (Å²) >= 11 is 0. The molecular weight excluding hydrogens is 321 g/mol. The van der Waals surface area contributed by atoms with Gasteiger partial charge in [0.25, 0.3) is 5.91 Å².